The first kappa shape index (κ1) is 21.3. The first-order valence-corrected chi connectivity index (χ1v) is 12.9. The third-order valence-corrected chi connectivity index (χ3v) is 8.61. The molecule has 0 saturated carbocycles. The number of fused-ring (bicyclic) bond motifs is 3. The van der Waals surface area contributed by atoms with Crippen LogP contribution in [0.4, 0.5) is 0 Å². The van der Waals surface area contributed by atoms with E-state index in [0.29, 0.717) is 36.9 Å². The summed E-state index contributed by atoms with van der Waals surface area (Å²) in [6, 6.07) is 17.4. The SMILES string of the molecule is O=C(CSc1ccc(S(=O)(=O)N2CCOCC2)cn1)c1ccc2c(c1)-c1ccccc1C2. The Bertz CT molecular complexity index is 1270. The number of sulfonamides is 1. The van der Waals surface area contributed by atoms with Gasteiger partial charge in [0.1, 0.15) is 4.90 Å². The highest BCUT2D eigenvalue weighted by atomic mass is 32.2. The Hall–Kier alpha value is -2.52. The number of carbonyl (C=O) groups excluding carboxylic acids is 1. The summed E-state index contributed by atoms with van der Waals surface area (Å²) in [4.78, 5) is 17.2. The molecule has 0 amide bonds. The molecule has 1 aromatic heterocycles. The van der Waals surface area contributed by atoms with Gasteiger partial charge in [-0.25, -0.2) is 13.4 Å². The monoisotopic (exact) mass is 466 g/mol. The summed E-state index contributed by atoms with van der Waals surface area (Å²) >= 11 is 1.31. The molecule has 0 atom stereocenters. The predicted molar refractivity (Wildman–Crippen MR) is 124 cm³/mol. The number of benzene rings is 2. The van der Waals surface area contributed by atoms with E-state index in [4.69, 9.17) is 4.74 Å². The van der Waals surface area contributed by atoms with Gasteiger partial charge in [0.05, 0.1) is 24.0 Å². The van der Waals surface area contributed by atoms with Crippen LogP contribution < -0.4 is 0 Å². The fourth-order valence-corrected chi connectivity index (χ4v) is 6.15. The molecule has 1 aliphatic carbocycles. The van der Waals surface area contributed by atoms with E-state index >= 15 is 0 Å². The topological polar surface area (TPSA) is 76.6 Å². The first-order valence-electron chi connectivity index (χ1n) is 10.4. The van der Waals surface area contributed by atoms with Gasteiger partial charge in [0.25, 0.3) is 0 Å². The van der Waals surface area contributed by atoms with E-state index < -0.39 is 10.0 Å². The number of thioether (sulfide) groups is 1. The molecular formula is C24H22N2O4S2. The number of hydrogen-bond donors (Lipinski definition) is 0. The second kappa shape index (κ2) is 8.78. The van der Waals surface area contributed by atoms with E-state index in [1.165, 1.54) is 39.0 Å². The van der Waals surface area contributed by atoms with Crippen LogP contribution in [0.1, 0.15) is 21.5 Å². The molecule has 1 fully saturated rings. The smallest absolute Gasteiger partial charge is 0.244 e. The molecule has 0 radical (unpaired) electrons. The van der Waals surface area contributed by atoms with Crippen LogP contribution in [0.15, 0.2) is 70.7 Å². The van der Waals surface area contributed by atoms with Crippen LogP contribution in [0, 0.1) is 0 Å². The highest BCUT2D eigenvalue weighted by Gasteiger charge is 2.26. The number of rotatable bonds is 6. The molecule has 0 spiro atoms. The summed E-state index contributed by atoms with van der Waals surface area (Å²) in [7, 11) is -3.57. The van der Waals surface area contributed by atoms with Gasteiger partial charge >= 0.3 is 0 Å². The Morgan fingerprint density at radius 2 is 1.78 bits per heavy atom. The Kier molecular flexibility index (Phi) is 5.86. The molecule has 32 heavy (non-hydrogen) atoms. The number of nitrogens with zero attached hydrogens (tertiary/aromatic N) is 2. The zero-order valence-electron chi connectivity index (χ0n) is 17.4. The molecule has 0 N–H and O–H groups in total. The summed E-state index contributed by atoms with van der Waals surface area (Å²) in [5.74, 6) is 0.261. The van der Waals surface area contributed by atoms with Crippen molar-refractivity contribution in [3.63, 3.8) is 0 Å². The maximum absolute atomic E-state index is 12.8. The molecule has 0 bridgehead atoms. The Morgan fingerprint density at radius 3 is 2.56 bits per heavy atom. The third-order valence-electron chi connectivity index (χ3n) is 5.79. The number of pyridine rings is 1. The lowest BCUT2D eigenvalue weighted by Crippen LogP contribution is -2.40. The molecule has 1 saturated heterocycles. The number of morpholine rings is 1. The van der Waals surface area contributed by atoms with Crippen LogP contribution in [-0.2, 0) is 21.2 Å². The van der Waals surface area contributed by atoms with Crippen molar-refractivity contribution in [2.75, 3.05) is 32.1 Å². The van der Waals surface area contributed by atoms with Crippen LogP contribution in [-0.4, -0.2) is 55.5 Å². The summed E-state index contributed by atoms with van der Waals surface area (Å²) < 4.78 is 32.0. The van der Waals surface area contributed by atoms with Crippen molar-refractivity contribution >= 4 is 27.6 Å². The summed E-state index contributed by atoms with van der Waals surface area (Å²) in [5.41, 5.74) is 5.54. The molecule has 6 nitrogen and oxygen atoms in total. The molecule has 164 valence electrons. The first-order chi connectivity index (χ1) is 15.5. The van der Waals surface area contributed by atoms with E-state index in [-0.39, 0.29) is 16.4 Å². The minimum Gasteiger partial charge on any atom is -0.379 e. The van der Waals surface area contributed by atoms with Crippen molar-refractivity contribution in [2.24, 2.45) is 0 Å². The van der Waals surface area contributed by atoms with Gasteiger partial charge in [0.2, 0.25) is 10.0 Å². The molecule has 2 heterocycles. The summed E-state index contributed by atoms with van der Waals surface area (Å²) in [6.07, 6.45) is 2.27. The van der Waals surface area contributed by atoms with E-state index in [1.807, 2.05) is 30.3 Å². The largest absolute Gasteiger partial charge is 0.379 e. The average Bonchev–Trinajstić information content (AvgIpc) is 3.21. The Labute approximate surface area is 191 Å². The van der Waals surface area contributed by atoms with Gasteiger partial charge < -0.3 is 4.74 Å². The number of aromatic nitrogens is 1. The zero-order valence-corrected chi connectivity index (χ0v) is 19.0. The number of Topliss-reactive ketones (excluding diaryl/α,β-unsaturated/α-hetero) is 1. The number of carbonyl (C=O) groups is 1. The zero-order chi connectivity index (χ0) is 22.1. The standard InChI is InChI=1S/C24H22N2O4S2/c27-23(19-6-5-18-13-17-3-1-2-4-21(17)22(18)14-19)16-31-24-8-7-20(15-25-24)32(28,29)26-9-11-30-12-10-26/h1-8,14-15H,9-13,16H2. The minimum absolute atomic E-state index is 0.0222. The average molecular weight is 467 g/mol. The van der Waals surface area contributed by atoms with Crippen molar-refractivity contribution in [3.05, 3.63) is 77.5 Å². The lowest BCUT2D eigenvalue weighted by atomic mass is 10.0. The van der Waals surface area contributed by atoms with Crippen molar-refractivity contribution in [1.82, 2.24) is 9.29 Å². The number of ether oxygens (including phenoxy) is 1. The fraction of sp³-hybridized carbons (Fsp3) is 0.250. The van der Waals surface area contributed by atoms with Gasteiger partial charge in [-0.15, -0.1) is 0 Å². The molecule has 1 aliphatic heterocycles. The van der Waals surface area contributed by atoms with Crippen LogP contribution >= 0.6 is 11.8 Å². The summed E-state index contributed by atoms with van der Waals surface area (Å²) in [6.45, 7) is 1.49. The van der Waals surface area contributed by atoms with E-state index in [0.717, 1.165) is 12.0 Å². The predicted octanol–water partition coefficient (Wildman–Crippen LogP) is 3.65. The number of hydrogen-bond acceptors (Lipinski definition) is 6. The molecule has 3 aromatic rings. The quantitative estimate of drug-likeness (QED) is 0.319. The van der Waals surface area contributed by atoms with Crippen LogP contribution in [0.2, 0.25) is 0 Å². The van der Waals surface area contributed by atoms with Crippen molar-refractivity contribution in [3.8, 4) is 11.1 Å². The van der Waals surface area contributed by atoms with Crippen LogP contribution in [0.5, 0.6) is 0 Å². The molecule has 0 unspecified atom stereocenters. The molecular weight excluding hydrogens is 444 g/mol. The van der Waals surface area contributed by atoms with Crippen LogP contribution in [0.25, 0.3) is 11.1 Å². The maximum Gasteiger partial charge on any atom is 0.244 e. The van der Waals surface area contributed by atoms with Crippen LogP contribution in [0.3, 0.4) is 0 Å². The van der Waals surface area contributed by atoms with Crippen molar-refractivity contribution in [1.29, 1.82) is 0 Å². The van der Waals surface area contributed by atoms with Crippen molar-refractivity contribution < 1.29 is 17.9 Å². The van der Waals surface area contributed by atoms with Gasteiger partial charge in [-0.3, -0.25) is 4.79 Å². The molecule has 5 rings (SSSR count). The molecule has 2 aromatic carbocycles. The lowest BCUT2D eigenvalue weighted by Gasteiger charge is -2.25. The van der Waals surface area contributed by atoms with E-state index in [1.54, 1.807) is 12.1 Å². The molecule has 2 aliphatic rings. The van der Waals surface area contributed by atoms with Gasteiger partial charge in [0, 0.05) is 24.8 Å². The van der Waals surface area contributed by atoms with Crippen molar-refractivity contribution in [2.45, 2.75) is 16.3 Å². The van der Waals surface area contributed by atoms with Gasteiger partial charge in [0.15, 0.2) is 5.78 Å². The summed E-state index contributed by atoms with van der Waals surface area (Å²) in [5, 5.41) is 0.616. The highest BCUT2D eigenvalue weighted by molar-refractivity contribution is 7.99. The Balaban J connectivity index is 1.25. The van der Waals surface area contributed by atoms with Gasteiger partial charge in [-0.2, -0.15) is 4.31 Å². The Morgan fingerprint density at radius 1 is 1.00 bits per heavy atom. The second-order valence-electron chi connectivity index (χ2n) is 7.77. The molecule has 8 heteroatoms. The van der Waals surface area contributed by atoms with Gasteiger partial charge in [-0.1, -0.05) is 48.2 Å². The minimum atomic E-state index is -3.57. The fourth-order valence-electron chi connectivity index (χ4n) is 4.06. The van der Waals surface area contributed by atoms with E-state index in [2.05, 4.69) is 17.1 Å². The van der Waals surface area contributed by atoms with E-state index in [9.17, 15) is 13.2 Å². The highest BCUT2D eigenvalue weighted by Crippen LogP contribution is 2.37. The third kappa shape index (κ3) is 4.11. The lowest BCUT2D eigenvalue weighted by molar-refractivity contribution is 0.0730. The second-order valence-corrected chi connectivity index (χ2v) is 10.7. The van der Waals surface area contributed by atoms with Gasteiger partial charge in [-0.05, 0) is 46.9 Å². The normalized spacial score (nSPS) is 15.9. The number of ketones is 1. The maximum atomic E-state index is 12.8.